The Labute approximate surface area is 723 Å². The number of benzene rings is 3. The number of nitrogens with one attached hydrogen (secondary N) is 1. The lowest BCUT2D eigenvalue weighted by molar-refractivity contribution is -0.0258. The number of fused-ring (bicyclic) bond motifs is 3. The molecule has 0 spiro atoms. The molecule has 664 valence electrons. The monoisotopic (exact) mass is 1720 g/mol. The second kappa shape index (κ2) is 41.4. The van der Waals surface area contributed by atoms with E-state index in [-0.39, 0.29) is 90.6 Å². The Morgan fingerprint density at radius 2 is 1.06 bits per heavy atom. The molecule has 0 amide bonds. The number of aliphatic hydroxyl groups is 2. The number of aliphatic imine (C=N–C) groups is 1. The maximum atomic E-state index is 14.6. The number of nitrogens with two attached hydrogens (primary N) is 1. The summed E-state index contributed by atoms with van der Waals surface area (Å²) in [6, 6.07) is 20.0. The number of oxime groups is 1. The third kappa shape index (κ3) is 21.8. The fourth-order valence-electron chi connectivity index (χ4n) is 16.7. The molecule has 125 heavy (non-hydrogen) atoms. The lowest BCUT2D eigenvalue weighted by Crippen LogP contribution is -2.47. The Bertz CT molecular complexity index is 5450. The number of aliphatic hydroxyl groups excluding tert-OH is 2. The molecule has 18 atom stereocenters. The maximum absolute atomic E-state index is 14.6. The van der Waals surface area contributed by atoms with Crippen LogP contribution in [0.5, 0.6) is 0 Å². The van der Waals surface area contributed by atoms with E-state index in [2.05, 4.69) is 77.2 Å². The number of hydrogen-bond donors (Lipinski definition) is 4. The summed E-state index contributed by atoms with van der Waals surface area (Å²) in [7, 11) is 14.8. The van der Waals surface area contributed by atoms with Gasteiger partial charge in [-0.25, -0.2) is 18.2 Å². The molecule has 16 heterocycles. The van der Waals surface area contributed by atoms with Crippen LogP contribution in [0.25, 0.3) is 0 Å². The number of ether oxygens (including phenoxy) is 7. The molecule has 5 fully saturated rings. The van der Waals surface area contributed by atoms with Crippen LogP contribution in [0, 0.1) is 41.1 Å². The number of hydrogen-bond acceptors (Lipinski definition) is 24. The molecule has 0 aliphatic carbocycles. The highest BCUT2D eigenvalue weighted by molar-refractivity contribution is 5.86. The van der Waals surface area contributed by atoms with Crippen LogP contribution in [0.3, 0.4) is 0 Å². The first-order valence-corrected chi connectivity index (χ1v) is 40.8. The van der Waals surface area contributed by atoms with Crippen LogP contribution < -0.4 is 11.2 Å². The van der Waals surface area contributed by atoms with E-state index in [4.69, 9.17) is 53.6 Å². The van der Waals surface area contributed by atoms with E-state index in [9.17, 15) is 28.2 Å². The molecule has 8 aromatic heterocycles. The molecule has 8 aliphatic rings. The molecule has 35 heteroatoms. The summed E-state index contributed by atoms with van der Waals surface area (Å²) in [5.41, 5.74) is 17.0. The Balaban J connectivity index is 0.000000133. The van der Waals surface area contributed by atoms with Gasteiger partial charge < -0.3 is 53.9 Å². The van der Waals surface area contributed by atoms with Crippen molar-refractivity contribution in [1.29, 1.82) is 0 Å². The summed E-state index contributed by atoms with van der Waals surface area (Å²) in [6.07, 6.45) is 36.4. The maximum Gasteiger partial charge on any atom is 0.181 e. The highest BCUT2D eigenvalue weighted by Gasteiger charge is 2.58. The quantitative estimate of drug-likeness (QED) is 0.0486. The SMILES string of the molecule is C=CC(O)c1cnn(C)c1.C=CCOC(C=C)c1cnn(C)c1.CC1=NO[C@@H]2CO[C@@H](c3cnn(C)c3)[C@H]12.CC1=N[C@](C)(c2ccccc2F)[C@@H]2[C@@H](CO[C@H]2c2cnn(C)c2)O1.Cn1cc(C2C=CCO2)cn1.Cn1cc(C=O)cn1.Cn1cc([C@@H]2OC[C@@H](O)[C@H]2[C@](C)(N)c2ccccc2F)cn1.Cn1cc([C@@H]2OC[C@H]3ON[C@](C)(c4ccccc4F)[C@H]32)cn1. The number of carbonyl (C=O) groups is 1. The van der Waals surface area contributed by atoms with Crippen molar-refractivity contribution in [2.24, 2.45) is 95.9 Å². The molecule has 19 rings (SSSR count). The van der Waals surface area contributed by atoms with Gasteiger partial charge in [-0.1, -0.05) is 90.1 Å². The van der Waals surface area contributed by atoms with E-state index in [0.717, 1.165) is 57.5 Å². The summed E-state index contributed by atoms with van der Waals surface area (Å²) >= 11 is 0. The zero-order valence-electron chi connectivity index (χ0n) is 72.4. The Morgan fingerprint density at radius 1 is 0.576 bits per heavy atom. The van der Waals surface area contributed by atoms with Gasteiger partial charge in [0.15, 0.2) is 18.3 Å². The van der Waals surface area contributed by atoms with Crippen molar-refractivity contribution in [2.75, 3.05) is 39.6 Å². The molecule has 8 aliphatic heterocycles. The second-order valence-corrected chi connectivity index (χ2v) is 32.0. The van der Waals surface area contributed by atoms with Crippen LogP contribution >= 0.6 is 0 Å². The minimum Gasteiger partial charge on any atom is -0.475 e. The largest absolute Gasteiger partial charge is 0.475 e. The van der Waals surface area contributed by atoms with E-state index >= 15 is 0 Å². The fourth-order valence-corrected chi connectivity index (χ4v) is 16.7. The number of carbonyl (C=O) groups excluding carboxylic acids is 1. The predicted octanol–water partition coefficient (Wildman–Crippen LogP) is 11.2. The fraction of sp³-hybridized carbons (Fsp3) is 0.411. The van der Waals surface area contributed by atoms with Crippen molar-refractivity contribution >= 4 is 17.9 Å². The van der Waals surface area contributed by atoms with E-state index in [1.807, 2.05) is 138 Å². The van der Waals surface area contributed by atoms with E-state index in [1.54, 1.807) is 156 Å². The highest BCUT2D eigenvalue weighted by atomic mass is 19.1. The summed E-state index contributed by atoms with van der Waals surface area (Å²) in [5, 5.41) is 56.1. The van der Waals surface area contributed by atoms with Crippen molar-refractivity contribution in [2.45, 2.75) is 118 Å². The van der Waals surface area contributed by atoms with Gasteiger partial charge in [0.2, 0.25) is 0 Å². The van der Waals surface area contributed by atoms with Crippen molar-refractivity contribution in [1.82, 2.24) is 83.7 Å². The summed E-state index contributed by atoms with van der Waals surface area (Å²) in [4.78, 5) is 25.7. The first kappa shape index (κ1) is 92.4. The second-order valence-electron chi connectivity index (χ2n) is 32.0. The van der Waals surface area contributed by atoms with Crippen molar-refractivity contribution in [3.05, 3.63) is 301 Å². The van der Waals surface area contributed by atoms with Gasteiger partial charge in [0.25, 0.3) is 0 Å². The van der Waals surface area contributed by atoms with Crippen LogP contribution in [0.4, 0.5) is 13.2 Å². The lowest BCUT2D eigenvalue weighted by atomic mass is 9.73. The molecule has 5 saturated heterocycles. The number of rotatable bonds is 17. The summed E-state index contributed by atoms with van der Waals surface area (Å²) in [6.45, 7) is 23.2. The molecule has 32 nitrogen and oxygen atoms in total. The Hall–Kier alpha value is -11.7. The van der Waals surface area contributed by atoms with E-state index in [1.165, 1.54) is 30.5 Å². The third-order valence-electron chi connectivity index (χ3n) is 22.7. The molecule has 3 aromatic carbocycles. The van der Waals surface area contributed by atoms with Crippen LogP contribution in [0.15, 0.2) is 232 Å². The van der Waals surface area contributed by atoms with Gasteiger partial charge in [0.05, 0.1) is 160 Å². The minimum absolute atomic E-state index is 0.0198. The van der Waals surface area contributed by atoms with E-state index < -0.39 is 40.8 Å². The topological polar surface area (TPSA) is 346 Å². The standard InChI is InChI=1S/C18H20FN3O2.C16H18FN3O2.C16H20FN3O2.C10H13N3O2.C10H14N2O.C8H10N2O.C7H10N2O.C5H6N2O/c1-11-21-18(2,13-6-4-5-7-14(13)19)16-15(24-11)10-23-17(16)12-8-20-22(3)9-12;1-16(11-5-3-4-6-12(11)17)14-13(22-19-16)9-21-15(14)10-7-18-20(2)8-10;1-16(18,11-5-3-4-6-12(11)17)14-13(21)9-22-15(14)10-7-19-20(2)8-10;1-6-9-8(15-12-6)5-14-10(9)7-3-11-13(2)4-7;1-4-6-13-10(5-2)9-7-11-12(3)8-9;1-10-6-7(5-9-10)8-3-2-4-11-8;1-3-7(10)6-4-8-9(2)5-6;1-7-3-5(4-8)2-6-7/h4-9,15-17H,10H2,1-3H3;3-8,13-15,19H,9H2,1-2H3;3-8,13-15,21H,9,18H2,1-2H3;3-4,8-10H,5H2,1-2H3;4-5,7-8,10H,1-2,6H2,3H3;2-3,5-6,8H,4H2,1H3;3-5,7,10H,1H2,2H3;2-4H,1H3/t15-,16-,17+,18-;2*13-,14-,15+,16-;8-,9-,10+;;;;/m1111..../s1. The van der Waals surface area contributed by atoms with Gasteiger partial charge in [-0.15, -0.1) is 19.7 Å². The summed E-state index contributed by atoms with van der Waals surface area (Å²) in [5.74, 6) is -0.653. The molecule has 0 radical (unpaired) electrons. The van der Waals surface area contributed by atoms with Crippen LogP contribution in [-0.2, 0) is 116 Å². The number of aryl methyl sites for hydroxylation is 8. The average Bonchev–Trinajstić information content (AvgIpc) is 1.61. The Kier molecular flexibility index (Phi) is 30.6. The number of nitrogens with zero attached hydrogens (tertiary/aromatic N) is 18. The number of hydroxylamine groups is 1. The Morgan fingerprint density at radius 3 is 1.55 bits per heavy atom. The summed E-state index contributed by atoms with van der Waals surface area (Å²) < 4.78 is 96.9. The normalized spacial score (nSPS) is 26.0. The molecule has 5 N–H and O–H groups in total. The number of aldehydes is 1. The van der Waals surface area contributed by atoms with Gasteiger partial charge in [0.1, 0.15) is 41.9 Å². The lowest BCUT2D eigenvalue weighted by Gasteiger charge is -2.41. The molecule has 0 saturated carbocycles. The average molecular weight is 1720 g/mol. The first-order chi connectivity index (χ1) is 59.9. The third-order valence-corrected chi connectivity index (χ3v) is 22.7. The number of halogens is 3. The van der Waals surface area contributed by atoms with Gasteiger partial charge in [0, 0.05) is 186 Å². The van der Waals surface area contributed by atoms with Crippen LogP contribution in [0.2, 0.25) is 0 Å². The number of aromatic nitrogens is 16. The predicted molar refractivity (Wildman–Crippen MR) is 457 cm³/mol. The zero-order valence-corrected chi connectivity index (χ0v) is 72.4. The minimum atomic E-state index is -1.07. The molecule has 11 aromatic rings. The van der Waals surface area contributed by atoms with E-state index in [0.29, 0.717) is 54.6 Å². The van der Waals surface area contributed by atoms with Gasteiger partial charge in [-0.2, -0.15) is 46.3 Å². The van der Waals surface area contributed by atoms with Gasteiger partial charge >= 0.3 is 0 Å². The smallest absolute Gasteiger partial charge is 0.181 e. The van der Waals surface area contributed by atoms with Crippen molar-refractivity contribution < 1.29 is 71.0 Å². The molecule has 0 bridgehead atoms. The molecule has 3 unspecified atom stereocenters. The van der Waals surface area contributed by atoms with Crippen LogP contribution in [-0.4, -0.2) is 170 Å². The van der Waals surface area contributed by atoms with Gasteiger partial charge in [-0.3, -0.25) is 47.1 Å². The highest BCUT2D eigenvalue weighted by Crippen LogP contribution is 2.53. The molecular formula is C90H111F3N20O12. The van der Waals surface area contributed by atoms with Gasteiger partial charge in [-0.05, 0) is 45.9 Å². The van der Waals surface area contributed by atoms with Crippen LogP contribution in [0.1, 0.15) is 143 Å². The van der Waals surface area contributed by atoms with Crippen molar-refractivity contribution in [3.63, 3.8) is 0 Å². The molecular weight excluding hydrogens is 1610 g/mol. The first-order valence-electron chi connectivity index (χ1n) is 40.8. The zero-order chi connectivity index (χ0) is 89.4. The van der Waals surface area contributed by atoms with Crippen molar-refractivity contribution in [3.8, 4) is 0 Å².